The van der Waals surface area contributed by atoms with Crippen molar-refractivity contribution in [2.75, 3.05) is 11.9 Å². The van der Waals surface area contributed by atoms with E-state index >= 15 is 0 Å². The molecule has 0 aliphatic carbocycles. The number of pyridine rings is 1. The number of halogens is 1. The normalized spacial score (nSPS) is 10.8. The van der Waals surface area contributed by atoms with E-state index in [0.29, 0.717) is 35.0 Å². The lowest BCUT2D eigenvalue weighted by atomic mass is 10.1. The van der Waals surface area contributed by atoms with Crippen molar-refractivity contribution >= 4 is 23.3 Å². The fourth-order valence-corrected chi connectivity index (χ4v) is 2.05. The van der Waals surface area contributed by atoms with Crippen LogP contribution in [0.5, 0.6) is 0 Å². The number of carbonyl (C=O) groups excluding carboxylic acids is 1. The Balaban J connectivity index is 1.97. The molecule has 7 nitrogen and oxygen atoms in total. The average Bonchev–Trinajstić information content (AvgIpc) is 2.93. The number of nitrogens with one attached hydrogen (secondary N) is 1. The highest BCUT2D eigenvalue weighted by Crippen LogP contribution is 2.12. The molecule has 0 bridgehead atoms. The van der Waals surface area contributed by atoms with Gasteiger partial charge in [0, 0.05) is 13.0 Å². The molecule has 0 fully saturated rings. The first-order chi connectivity index (χ1) is 11.0. The van der Waals surface area contributed by atoms with Gasteiger partial charge in [-0.05, 0) is 25.0 Å². The molecule has 0 unspecified atom stereocenters. The second kappa shape index (κ2) is 7.92. The maximum absolute atomic E-state index is 12.3. The summed E-state index contributed by atoms with van der Waals surface area (Å²) in [4.78, 5) is 22.1. The fraction of sp³-hybridized carbons (Fsp3) is 0.467. The topological polar surface area (TPSA) is 84.2 Å². The van der Waals surface area contributed by atoms with E-state index in [1.54, 1.807) is 17.0 Å². The van der Waals surface area contributed by atoms with Gasteiger partial charge in [0.25, 0.3) is 0 Å². The second-order valence-electron chi connectivity index (χ2n) is 5.52. The Kier molecular flexibility index (Phi) is 5.92. The van der Waals surface area contributed by atoms with Crippen LogP contribution in [-0.2, 0) is 13.0 Å². The Morgan fingerprint density at radius 3 is 2.83 bits per heavy atom. The number of hydrogen-bond acceptors (Lipinski definition) is 5. The Labute approximate surface area is 140 Å². The van der Waals surface area contributed by atoms with Crippen molar-refractivity contribution in [3.63, 3.8) is 0 Å². The van der Waals surface area contributed by atoms with Crippen LogP contribution in [0.1, 0.15) is 32.5 Å². The third-order valence-corrected chi connectivity index (χ3v) is 3.30. The summed E-state index contributed by atoms with van der Waals surface area (Å²) in [5.41, 5.74) is 0.575. The predicted octanol–water partition coefficient (Wildman–Crippen LogP) is 3.37. The van der Waals surface area contributed by atoms with Crippen LogP contribution in [0.25, 0.3) is 0 Å². The van der Waals surface area contributed by atoms with E-state index in [1.807, 2.05) is 6.92 Å². The number of amides is 2. The van der Waals surface area contributed by atoms with Gasteiger partial charge < -0.3 is 14.7 Å². The SMILES string of the molecule is CCN(Cc1noc(CC(C)C)n1)C(=O)Nc1ccc(Cl)nc1. The largest absolute Gasteiger partial charge is 0.339 e. The van der Waals surface area contributed by atoms with Crippen molar-refractivity contribution < 1.29 is 9.32 Å². The standard InChI is InChI=1S/C15H20ClN5O2/c1-4-21(9-13-19-14(23-20-13)7-10(2)3)15(22)18-11-5-6-12(16)17-8-11/h5-6,8,10H,4,7,9H2,1-3H3,(H,18,22). The smallest absolute Gasteiger partial charge is 0.322 e. The number of anilines is 1. The summed E-state index contributed by atoms with van der Waals surface area (Å²) in [5.74, 6) is 1.52. The molecule has 0 aliphatic rings. The van der Waals surface area contributed by atoms with Crippen LogP contribution >= 0.6 is 11.6 Å². The molecule has 2 heterocycles. The predicted molar refractivity (Wildman–Crippen MR) is 87.2 cm³/mol. The minimum atomic E-state index is -0.258. The van der Waals surface area contributed by atoms with Gasteiger partial charge in [-0.15, -0.1) is 0 Å². The molecule has 0 saturated carbocycles. The molecule has 124 valence electrons. The monoisotopic (exact) mass is 337 g/mol. The van der Waals surface area contributed by atoms with Crippen LogP contribution in [0, 0.1) is 5.92 Å². The van der Waals surface area contributed by atoms with Crippen molar-refractivity contribution in [3.05, 3.63) is 35.2 Å². The molecule has 0 radical (unpaired) electrons. The third-order valence-electron chi connectivity index (χ3n) is 3.07. The summed E-state index contributed by atoms with van der Waals surface area (Å²) in [7, 11) is 0. The van der Waals surface area contributed by atoms with Crippen LogP contribution in [0.15, 0.2) is 22.9 Å². The third kappa shape index (κ3) is 5.21. The van der Waals surface area contributed by atoms with Crippen molar-refractivity contribution in [3.8, 4) is 0 Å². The lowest BCUT2D eigenvalue weighted by Gasteiger charge is -2.19. The number of urea groups is 1. The van der Waals surface area contributed by atoms with E-state index in [2.05, 4.69) is 34.3 Å². The molecule has 23 heavy (non-hydrogen) atoms. The summed E-state index contributed by atoms with van der Waals surface area (Å²) in [6.45, 7) is 6.84. The number of carbonyl (C=O) groups is 1. The van der Waals surface area contributed by atoms with Crippen LogP contribution in [0.4, 0.5) is 10.5 Å². The molecule has 2 aromatic heterocycles. The minimum Gasteiger partial charge on any atom is -0.339 e. The Morgan fingerprint density at radius 2 is 2.22 bits per heavy atom. The van der Waals surface area contributed by atoms with Gasteiger partial charge in [0.2, 0.25) is 5.89 Å². The molecule has 2 rings (SSSR count). The zero-order valence-corrected chi connectivity index (χ0v) is 14.2. The Hall–Kier alpha value is -2.15. The maximum Gasteiger partial charge on any atom is 0.322 e. The van der Waals surface area contributed by atoms with Gasteiger partial charge in [-0.1, -0.05) is 30.6 Å². The highest BCUT2D eigenvalue weighted by molar-refractivity contribution is 6.29. The quantitative estimate of drug-likeness (QED) is 0.817. The summed E-state index contributed by atoms with van der Waals surface area (Å²) in [6, 6.07) is 3.05. The first-order valence-electron chi connectivity index (χ1n) is 7.47. The Bertz CT molecular complexity index is 642. The number of rotatable bonds is 6. The van der Waals surface area contributed by atoms with E-state index in [-0.39, 0.29) is 12.6 Å². The zero-order chi connectivity index (χ0) is 16.8. The molecule has 1 N–H and O–H groups in total. The first kappa shape index (κ1) is 17.2. The van der Waals surface area contributed by atoms with Crippen molar-refractivity contribution in [1.29, 1.82) is 0 Å². The van der Waals surface area contributed by atoms with Gasteiger partial charge in [0.05, 0.1) is 18.4 Å². The van der Waals surface area contributed by atoms with Gasteiger partial charge in [0.15, 0.2) is 5.82 Å². The lowest BCUT2D eigenvalue weighted by molar-refractivity contribution is 0.210. The average molecular weight is 338 g/mol. The lowest BCUT2D eigenvalue weighted by Crippen LogP contribution is -2.34. The van der Waals surface area contributed by atoms with Gasteiger partial charge >= 0.3 is 6.03 Å². The number of nitrogens with zero attached hydrogens (tertiary/aromatic N) is 4. The second-order valence-corrected chi connectivity index (χ2v) is 5.90. The molecular weight excluding hydrogens is 318 g/mol. The van der Waals surface area contributed by atoms with E-state index in [1.165, 1.54) is 6.20 Å². The van der Waals surface area contributed by atoms with E-state index in [4.69, 9.17) is 16.1 Å². The van der Waals surface area contributed by atoms with E-state index in [0.717, 1.165) is 6.42 Å². The van der Waals surface area contributed by atoms with Crippen molar-refractivity contribution in [1.82, 2.24) is 20.0 Å². The summed E-state index contributed by atoms with van der Waals surface area (Å²) >= 11 is 5.72. The Morgan fingerprint density at radius 1 is 1.43 bits per heavy atom. The van der Waals surface area contributed by atoms with Gasteiger partial charge in [0.1, 0.15) is 5.15 Å². The molecule has 2 amide bonds. The summed E-state index contributed by atoms with van der Waals surface area (Å²) < 4.78 is 5.19. The fourth-order valence-electron chi connectivity index (χ4n) is 1.94. The van der Waals surface area contributed by atoms with Crippen LogP contribution < -0.4 is 5.32 Å². The zero-order valence-electron chi connectivity index (χ0n) is 13.4. The van der Waals surface area contributed by atoms with Gasteiger partial charge in [-0.2, -0.15) is 4.98 Å². The van der Waals surface area contributed by atoms with E-state index in [9.17, 15) is 4.79 Å². The minimum absolute atomic E-state index is 0.258. The van der Waals surface area contributed by atoms with Crippen molar-refractivity contribution in [2.24, 2.45) is 5.92 Å². The highest BCUT2D eigenvalue weighted by atomic mass is 35.5. The maximum atomic E-state index is 12.3. The molecule has 0 aliphatic heterocycles. The van der Waals surface area contributed by atoms with Crippen LogP contribution in [0.3, 0.4) is 0 Å². The van der Waals surface area contributed by atoms with Gasteiger partial charge in [-0.3, -0.25) is 0 Å². The molecule has 0 aromatic carbocycles. The molecule has 2 aromatic rings. The van der Waals surface area contributed by atoms with E-state index < -0.39 is 0 Å². The number of hydrogen-bond donors (Lipinski definition) is 1. The molecule has 0 saturated heterocycles. The molecule has 0 atom stereocenters. The molecule has 0 spiro atoms. The van der Waals surface area contributed by atoms with Crippen LogP contribution in [-0.4, -0.2) is 32.6 Å². The van der Waals surface area contributed by atoms with Crippen LogP contribution in [0.2, 0.25) is 5.15 Å². The summed E-state index contributed by atoms with van der Waals surface area (Å²) in [5, 5.41) is 7.05. The first-order valence-corrected chi connectivity index (χ1v) is 7.84. The molecular formula is C15H20ClN5O2. The van der Waals surface area contributed by atoms with Gasteiger partial charge in [-0.25, -0.2) is 9.78 Å². The highest BCUT2D eigenvalue weighted by Gasteiger charge is 2.16. The van der Waals surface area contributed by atoms with Crippen molar-refractivity contribution in [2.45, 2.75) is 33.7 Å². The summed E-state index contributed by atoms with van der Waals surface area (Å²) in [6.07, 6.45) is 2.23. The molecule has 8 heteroatoms. The number of aromatic nitrogens is 3.